The van der Waals surface area contributed by atoms with Crippen molar-refractivity contribution in [2.24, 2.45) is 10.8 Å². The predicted octanol–water partition coefficient (Wildman–Crippen LogP) is 2.76. The summed E-state index contributed by atoms with van der Waals surface area (Å²) in [4.78, 5) is 28.3. The molecule has 1 aliphatic heterocycles. The average Bonchev–Trinajstić information content (AvgIpc) is 3.07. The van der Waals surface area contributed by atoms with E-state index >= 15 is 0 Å². The molecule has 0 bridgehead atoms. The maximum Gasteiger partial charge on any atom is 0.222 e. The fourth-order valence-electron chi connectivity index (χ4n) is 4.29. The van der Waals surface area contributed by atoms with Crippen LogP contribution in [0.25, 0.3) is 0 Å². The van der Waals surface area contributed by atoms with Gasteiger partial charge in [0.05, 0.1) is 31.8 Å². The van der Waals surface area contributed by atoms with Crippen molar-refractivity contribution in [1.82, 2.24) is 10.7 Å². The number of hydrogen-bond donors (Lipinski definition) is 5. The summed E-state index contributed by atoms with van der Waals surface area (Å²) in [6.45, 7) is 4.31. The number of ether oxygens (including phenoxy) is 2. The molecule has 9 nitrogen and oxygen atoms in total. The summed E-state index contributed by atoms with van der Waals surface area (Å²) in [6.07, 6.45) is -0.415. The van der Waals surface area contributed by atoms with E-state index < -0.39 is 20.5 Å². The number of benzene rings is 3. The van der Waals surface area contributed by atoms with Crippen molar-refractivity contribution in [3.8, 4) is 11.5 Å². The summed E-state index contributed by atoms with van der Waals surface area (Å²) in [7, 11) is -0.820. The second kappa shape index (κ2) is 12.6. The Morgan fingerprint density at radius 2 is 1.90 bits per heavy atom. The quantitative estimate of drug-likeness (QED) is 0.110. The third-order valence-electron chi connectivity index (χ3n) is 6.40. The van der Waals surface area contributed by atoms with Gasteiger partial charge in [0.15, 0.2) is 0 Å². The molecule has 0 saturated carbocycles. The Morgan fingerprint density at radius 3 is 2.59 bits per heavy atom. The van der Waals surface area contributed by atoms with E-state index in [1.807, 2.05) is 67.7 Å². The molecule has 1 unspecified atom stereocenters. The Bertz CT molecular complexity index is 1330. The van der Waals surface area contributed by atoms with E-state index in [1.165, 1.54) is 0 Å². The molecule has 0 saturated heterocycles. The van der Waals surface area contributed by atoms with E-state index in [4.69, 9.17) is 31.9 Å². The SMILES string of the molecule is COc1ccc2c(c1)C(c1ccc(Cl)cc1)=N[C@@H](CC(=O)NCCOc1cccc([Si](C)(C)O)c1)C(NN)N2. The van der Waals surface area contributed by atoms with Gasteiger partial charge in [-0.2, -0.15) is 0 Å². The number of anilines is 1. The zero-order chi connectivity index (χ0) is 28.0. The second-order valence-corrected chi connectivity index (χ2v) is 13.9. The first-order chi connectivity index (χ1) is 18.7. The highest BCUT2D eigenvalue weighted by atomic mass is 35.5. The van der Waals surface area contributed by atoms with Crippen LogP contribution in [0, 0.1) is 0 Å². The first-order valence-corrected chi connectivity index (χ1v) is 16.0. The molecule has 0 radical (unpaired) electrons. The highest BCUT2D eigenvalue weighted by Crippen LogP contribution is 2.30. The molecule has 3 aromatic rings. The molecule has 6 N–H and O–H groups in total. The van der Waals surface area contributed by atoms with Gasteiger partial charge < -0.3 is 24.9 Å². The molecule has 11 heteroatoms. The minimum absolute atomic E-state index is 0.0872. The van der Waals surface area contributed by atoms with Crippen molar-refractivity contribution >= 4 is 42.4 Å². The van der Waals surface area contributed by atoms with E-state index in [0.29, 0.717) is 28.8 Å². The van der Waals surface area contributed by atoms with E-state index in [0.717, 1.165) is 22.0 Å². The fraction of sp³-hybridized carbons (Fsp3) is 0.286. The number of amides is 1. The Hall–Kier alpha value is -3.41. The highest BCUT2D eigenvalue weighted by molar-refractivity contribution is 6.83. The Kier molecular flexibility index (Phi) is 9.26. The lowest BCUT2D eigenvalue weighted by atomic mass is 10.00. The molecule has 4 rings (SSSR count). The van der Waals surface area contributed by atoms with Crippen molar-refractivity contribution in [3.63, 3.8) is 0 Å². The lowest BCUT2D eigenvalue weighted by Gasteiger charge is -2.23. The number of aliphatic imine (C=N–C) groups is 1. The summed E-state index contributed by atoms with van der Waals surface area (Å²) < 4.78 is 11.2. The zero-order valence-corrected chi connectivity index (χ0v) is 24.0. The smallest absolute Gasteiger partial charge is 0.222 e. The van der Waals surface area contributed by atoms with Gasteiger partial charge in [-0.3, -0.25) is 15.6 Å². The molecule has 1 heterocycles. The third-order valence-corrected chi connectivity index (χ3v) is 8.37. The normalized spacial score (nSPS) is 16.8. The lowest BCUT2D eigenvalue weighted by molar-refractivity contribution is -0.121. The van der Waals surface area contributed by atoms with E-state index in [-0.39, 0.29) is 18.9 Å². The maximum absolute atomic E-state index is 12.9. The number of fused-ring (bicyclic) bond motifs is 1. The van der Waals surface area contributed by atoms with Gasteiger partial charge in [-0.1, -0.05) is 35.9 Å². The molecule has 39 heavy (non-hydrogen) atoms. The first kappa shape index (κ1) is 28.6. The van der Waals surface area contributed by atoms with Crippen LogP contribution >= 0.6 is 11.6 Å². The van der Waals surface area contributed by atoms with Gasteiger partial charge in [0.25, 0.3) is 0 Å². The summed E-state index contributed by atoms with van der Waals surface area (Å²) in [5.41, 5.74) is 5.94. The van der Waals surface area contributed by atoms with Gasteiger partial charge in [-0.15, -0.1) is 0 Å². The van der Waals surface area contributed by atoms with Crippen LogP contribution in [0.1, 0.15) is 17.5 Å². The first-order valence-electron chi connectivity index (χ1n) is 12.6. The molecule has 2 atom stereocenters. The molecule has 0 aliphatic carbocycles. The van der Waals surface area contributed by atoms with Gasteiger partial charge in [0.2, 0.25) is 14.2 Å². The molecule has 0 fully saturated rings. The summed E-state index contributed by atoms with van der Waals surface area (Å²) in [5, 5.41) is 7.79. The molecule has 1 aliphatic rings. The number of nitrogens with two attached hydrogens (primary N) is 1. The Labute approximate surface area is 234 Å². The van der Waals surface area contributed by atoms with Crippen LogP contribution in [-0.2, 0) is 4.79 Å². The number of hydrazine groups is 1. The van der Waals surface area contributed by atoms with Crippen LogP contribution in [0.3, 0.4) is 0 Å². The number of methoxy groups -OCH3 is 1. The summed E-state index contributed by atoms with van der Waals surface area (Å²) in [6, 6.07) is 20.0. The van der Waals surface area contributed by atoms with E-state index in [1.54, 1.807) is 19.2 Å². The zero-order valence-electron chi connectivity index (χ0n) is 22.2. The third kappa shape index (κ3) is 7.37. The number of halogens is 1. The largest absolute Gasteiger partial charge is 0.497 e. The number of carbonyl (C=O) groups excluding carboxylic acids is 1. The number of nitrogens with one attached hydrogen (secondary N) is 3. The van der Waals surface area contributed by atoms with Crippen LogP contribution < -0.4 is 36.6 Å². The molecular weight excluding hydrogens is 534 g/mol. The van der Waals surface area contributed by atoms with Gasteiger partial charge in [0, 0.05) is 21.8 Å². The van der Waals surface area contributed by atoms with Crippen LogP contribution in [0.4, 0.5) is 5.69 Å². The van der Waals surface area contributed by atoms with Crippen molar-refractivity contribution < 1.29 is 19.1 Å². The minimum Gasteiger partial charge on any atom is -0.497 e. The lowest BCUT2D eigenvalue weighted by Crippen LogP contribution is -2.49. The number of nitrogens with zero attached hydrogens (tertiary/aromatic N) is 1. The van der Waals surface area contributed by atoms with Crippen molar-refractivity contribution in [1.29, 1.82) is 0 Å². The second-order valence-electron chi connectivity index (χ2n) is 9.74. The molecule has 0 aromatic heterocycles. The Balaban J connectivity index is 1.48. The van der Waals surface area contributed by atoms with Gasteiger partial charge >= 0.3 is 0 Å². The van der Waals surface area contributed by atoms with Crippen LogP contribution in [0.2, 0.25) is 18.1 Å². The van der Waals surface area contributed by atoms with Crippen LogP contribution in [-0.4, -0.2) is 57.2 Å². The van der Waals surface area contributed by atoms with Crippen LogP contribution in [0.15, 0.2) is 71.7 Å². The number of hydrogen-bond acceptors (Lipinski definition) is 8. The highest BCUT2D eigenvalue weighted by Gasteiger charge is 2.29. The Morgan fingerprint density at radius 1 is 1.13 bits per heavy atom. The summed E-state index contributed by atoms with van der Waals surface area (Å²) >= 11 is 6.13. The van der Waals surface area contributed by atoms with Gasteiger partial charge in [-0.05, 0) is 60.7 Å². The summed E-state index contributed by atoms with van der Waals surface area (Å²) in [5.74, 6) is 7.04. The number of benzodiazepines with no additional fused rings is 1. The van der Waals surface area contributed by atoms with Crippen LogP contribution in [0.5, 0.6) is 11.5 Å². The molecule has 3 aromatic carbocycles. The molecule has 1 amide bonds. The fourth-order valence-corrected chi connectivity index (χ4v) is 5.41. The maximum atomic E-state index is 12.9. The van der Waals surface area contributed by atoms with Crippen molar-refractivity contribution in [2.75, 3.05) is 25.6 Å². The average molecular weight is 568 g/mol. The van der Waals surface area contributed by atoms with Crippen molar-refractivity contribution in [3.05, 3.63) is 82.9 Å². The standard InChI is InChI=1S/C28H34ClN5O4Si/c1-37-20-11-12-24-23(16-20)27(18-7-9-19(29)10-8-18)32-25(28(33-24)34-30)17-26(35)31-13-14-38-21-5-4-6-22(15-21)39(2,3)36/h4-12,15-16,25,28,33-34,36H,13-14,17,30H2,1-3H3,(H,31,35)/t25-,28?/m0/s1. The van der Waals surface area contributed by atoms with Crippen molar-refractivity contribution in [2.45, 2.75) is 31.7 Å². The minimum atomic E-state index is -2.43. The monoisotopic (exact) mass is 567 g/mol. The topological polar surface area (TPSA) is 130 Å². The van der Waals surface area contributed by atoms with E-state index in [2.05, 4.69) is 16.1 Å². The predicted molar refractivity (Wildman–Crippen MR) is 158 cm³/mol. The number of carbonyl (C=O) groups is 1. The molecule has 0 spiro atoms. The molecular formula is C28H34ClN5O4Si. The number of rotatable bonds is 10. The van der Waals surface area contributed by atoms with Gasteiger partial charge in [0.1, 0.15) is 24.3 Å². The van der Waals surface area contributed by atoms with Gasteiger partial charge in [-0.25, -0.2) is 5.43 Å². The molecule has 206 valence electrons. The van der Waals surface area contributed by atoms with E-state index in [9.17, 15) is 9.59 Å².